The van der Waals surface area contributed by atoms with Gasteiger partial charge in [-0.3, -0.25) is 14.6 Å². The number of nitrogens with zero attached hydrogens (tertiary/aromatic N) is 4. The van der Waals surface area contributed by atoms with E-state index in [-0.39, 0.29) is 18.0 Å². The highest BCUT2D eigenvalue weighted by molar-refractivity contribution is 7.09. The van der Waals surface area contributed by atoms with Gasteiger partial charge in [0.1, 0.15) is 11.6 Å². The summed E-state index contributed by atoms with van der Waals surface area (Å²) >= 11 is 7.16. The standard InChI is InChI=1S/C16H14ClN5O2S/c1-2-19-13(23)9-22-8-10(3-4-14(22)24)15-20-16(25-21-15)11-5-12(17)7-18-6-11/h3-8H,2,9H2,1H3,(H,19,23). The molecule has 3 aromatic rings. The van der Waals surface area contributed by atoms with Gasteiger partial charge in [-0.25, -0.2) is 4.98 Å². The van der Waals surface area contributed by atoms with Crippen molar-refractivity contribution in [1.82, 2.24) is 24.2 Å². The van der Waals surface area contributed by atoms with Crippen LogP contribution in [0.5, 0.6) is 0 Å². The quantitative estimate of drug-likeness (QED) is 0.738. The number of pyridine rings is 2. The number of hydrogen-bond donors (Lipinski definition) is 1. The number of carbonyl (C=O) groups is 1. The fourth-order valence-corrected chi connectivity index (χ4v) is 3.02. The number of nitrogens with one attached hydrogen (secondary N) is 1. The molecule has 3 rings (SSSR count). The molecule has 0 unspecified atom stereocenters. The maximum atomic E-state index is 11.9. The first kappa shape index (κ1) is 17.2. The van der Waals surface area contributed by atoms with E-state index in [0.717, 1.165) is 5.56 Å². The van der Waals surface area contributed by atoms with Crippen LogP contribution in [0.15, 0.2) is 41.6 Å². The molecule has 3 aromatic heterocycles. The van der Waals surface area contributed by atoms with Gasteiger partial charge in [0.2, 0.25) is 5.91 Å². The first-order chi connectivity index (χ1) is 12.1. The Kier molecular flexibility index (Phi) is 5.20. The van der Waals surface area contributed by atoms with Crippen LogP contribution in [0.3, 0.4) is 0 Å². The van der Waals surface area contributed by atoms with Crippen molar-refractivity contribution in [2.45, 2.75) is 13.5 Å². The van der Waals surface area contributed by atoms with Crippen LogP contribution in [-0.4, -0.2) is 31.4 Å². The van der Waals surface area contributed by atoms with E-state index in [1.54, 1.807) is 30.7 Å². The van der Waals surface area contributed by atoms with E-state index >= 15 is 0 Å². The van der Waals surface area contributed by atoms with Crippen molar-refractivity contribution in [2.75, 3.05) is 6.54 Å². The fraction of sp³-hybridized carbons (Fsp3) is 0.188. The largest absolute Gasteiger partial charge is 0.355 e. The summed E-state index contributed by atoms with van der Waals surface area (Å²) in [4.78, 5) is 32.1. The van der Waals surface area contributed by atoms with Gasteiger partial charge in [0.05, 0.1) is 5.02 Å². The van der Waals surface area contributed by atoms with Crippen LogP contribution in [-0.2, 0) is 11.3 Å². The van der Waals surface area contributed by atoms with E-state index in [9.17, 15) is 9.59 Å². The first-order valence-electron chi connectivity index (χ1n) is 7.49. The molecule has 0 aliphatic carbocycles. The monoisotopic (exact) mass is 375 g/mol. The Morgan fingerprint density at radius 2 is 2.16 bits per heavy atom. The summed E-state index contributed by atoms with van der Waals surface area (Å²) in [7, 11) is 0. The molecule has 3 heterocycles. The minimum absolute atomic E-state index is 0.0459. The number of rotatable bonds is 5. The number of carbonyl (C=O) groups excluding carboxylic acids is 1. The summed E-state index contributed by atoms with van der Waals surface area (Å²) in [6, 6.07) is 4.80. The average Bonchev–Trinajstić information content (AvgIpc) is 3.07. The number of aromatic nitrogens is 4. The second-order valence-electron chi connectivity index (χ2n) is 5.15. The van der Waals surface area contributed by atoms with E-state index in [4.69, 9.17) is 11.6 Å². The van der Waals surface area contributed by atoms with Crippen molar-refractivity contribution >= 4 is 29.0 Å². The predicted octanol–water partition coefficient (Wildman–Crippen LogP) is 2.22. The molecule has 1 amide bonds. The molecule has 0 atom stereocenters. The molecular formula is C16H14ClN5O2S. The van der Waals surface area contributed by atoms with Gasteiger partial charge in [-0.05, 0) is 30.6 Å². The lowest BCUT2D eigenvalue weighted by Gasteiger charge is -2.06. The van der Waals surface area contributed by atoms with Crippen LogP contribution in [0.4, 0.5) is 0 Å². The van der Waals surface area contributed by atoms with Gasteiger partial charge in [-0.2, -0.15) is 4.37 Å². The summed E-state index contributed by atoms with van der Waals surface area (Å²) < 4.78 is 5.66. The van der Waals surface area contributed by atoms with Crippen molar-refractivity contribution in [3.63, 3.8) is 0 Å². The van der Waals surface area contributed by atoms with Gasteiger partial charge in [0.25, 0.3) is 5.56 Å². The van der Waals surface area contributed by atoms with E-state index in [0.29, 0.717) is 28.0 Å². The molecular weight excluding hydrogens is 362 g/mol. The van der Waals surface area contributed by atoms with Crippen LogP contribution in [0.2, 0.25) is 5.02 Å². The van der Waals surface area contributed by atoms with Gasteiger partial charge in [0.15, 0.2) is 5.82 Å². The Morgan fingerprint density at radius 3 is 2.92 bits per heavy atom. The molecule has 0 aromatic carbocycles. The molecule has 9 heteroatoms. The molecule has 0 aliphatic rings. The Morgan fingerprint density at radius 1 is 1.32 bits per heavy atom. The van der Waals surface area contributed by atoms with Crippen molar-refractivity contribution in [1.29, 1.82) is 0 Å². The van der Waals surface area contributed by atoms with Crippen LogP contribution in [0.25, 0.3) is 22.0 Å². The van der Waals surface area contributed by atoms with Crippen LogP contribution in [0.1, 0.15) is 6.92 Å². The smallest absolute Gasteiger partial charge is 0.251 e. The second kappa shape index (κ2) is 7.54. The molecule has 0 spiro atoms. The zero-order chi connectivity index (χ0) is 17.8. The fourth-order valence-electron chi connectivity index (χ4n) is 2.18. The molecule has 25 heavy (non-hydrogen) atoms. The summed E-state index contributed by atoms with van der Waals surface area (Å²) in [5, 5.41) is 3.85. The molecule has 0 radical (unpaired) electrons. The third kappa shape index (κ3) is 4.09. The molecule has 0 bridgehead atoms. The zero-order valence-corrected chi connectivity index (χ0v) is 14.8. The lowest BCUT2D eigenvalue weighted by molar-refractivity contribution is -0.121. The van der Waals surface area contributed by atoms with Crippen molar-refractivity contribution in [3.8, 4) is 22.0 Å². The number of amides is 1. The SMILES string of the molecule is CCNC(=O)Cn1cc(-c2nsc(-c3cncc(Cl)c3)n2)ccc1=O. The Hall–Kier alpha value is -2.58. The summed E-state index contributed by atoms with van der Waals surface area (Å²) in [6.45, 7) is 2.29. The van der Waals surface area contributed by atoms with Crippen LogP contribution in [0, 0.1) is 0 Å². The predicted molar refractivity (Wildman–Crippen MR) is 96.5 cm³/mol. The molecule has 7 nitrogen and oxygen atoms in total. The molecule has 0 saturated heterocycles. The lowest BCUT2D eigenvalue weighted by atomic mass is 10.2. The zero-order valence-electron chi connectivity index (χ0n) is 13.3. The van der Waals surface area contributed by atoms with Crippen molar-refractivity contribution in [3.05, 3.63) is 52.2 Å². The van der Waals surface area contributed by atoms with Crippen LogP contribution < -0.4 is 10.9 Å². The van der Waals surface area contributed by atoms with E-state index in [2.05, 4.69) is 19.7 Å². The van der Waals surface area contributed by atoms with Gasteiger partial charge in [-0.1, -0.05) is 11.6 Å². The van der Waals surface area contributed by atoms with Gasteiger partial charge < -0.3 is 9.88 Å². The molecule has 1 N–H and O–H groups in total. The Balaban J connectivity index is 1.90. The highest BCUT2D eigenvalue weighted by Crippen LogP contribution is 2.26. The van der Waals surface area contributed by atoms with Gasteiger partial charge in [-0.15, -0.1) is 0 Å². The Bertz CT molecular complexity index is 969. The van der Waals surface area contributed by atoms with Crippen molar-refractivity contribution < 1.29 is 4.79 Å². The molecule has 0 aliphatic heterocycles. The van der Waals surface area contributed by atoms with Crippen molar-refractivity contribution in [2.24, 2.45) is 0 Å². The maximum absolute atomic E-state index is 11.9. The number of halogens is 1. The highest BCUT2D eigenvalue weighted by Gasteiger charge is 2.11. The summed E-state index contributed by atoms with van der Waals surface area (Å²) in [5.41, 5.74) is 1.16. The topological polar surface area (TPSA) is 89.8 Å². The molecule has 0 saturated carbocycles. The molecule has 128 valence electrons. The Labute approximate surface area is 152 Å². The normalized spacial score (nSPS) is 10.6. The second-order valence-corrected chi connectivity index (χ2v) is 6.34. The average molecular weight is 376 g/mol. The summed E-state index contributed by atoms with van der Waals surface area (Å²) in [6.07, 6.45) is 4.79. The van der Waals surface area contributed by atoms with Crippen LogP contribution >= 0.6 is 23.1 Å². The van der Waals surface area contributed by atoms with Gasteiger partial charge >= 0.3 is 0 Å². The van der Waals surface area contributed by atoms with E-state index in [1.165, 1.54) is 22.2 Å². The third-order valence-electron chi connectivity index (χ3n) is 3.31. The van der Waals surface area contributed by atoms with Gasteiger partial charge in [0, 0.05) is 42.3 Å². The molecule has 0 fully saturated rings. The minimum Gasteiger partial charge on any atom is -0.355 e. The lowest BCUT2D eigenvalue weighted by Crippen LogP contribution is -2.31. The number of likely N-dealkylation sites (N-methyl/N-ethyl adjacent to an activating group) is 1. The minimum atomic E-state index is -0.260. The maximum Gasteiger partial charge on any atom is 0.251 e. The van der Waals surface area contributed by atoms with E-state index in [1.807, 2.05) is 6.92 Å². The highest BCUT2D eigenvalue weighted by atomic mass is 35.5. The summed E-state index contributed by atoms with van der Waals surface area (Å²) in [5.74, 6) is 0.253. The third-order valence-corrected chi connectivity index (χ3v) is 4.28. The first-order valence-corrected chi connectivity index (χ1v) is 8.64. The number of hydrogen-bond acceptors (Lipinski definition) is 6. The van der Waals surface area contributed by atoms with E-state index < -0.39 is 0 Å².